The van der Waals surface area contributed by atoms with Crippen molar-refractivity contribution in [2.24, 2.45) is 23.7 Å². The van der Waals surface area contributed by atoms with Gasteiger partial charge >= 0.3 is 11.9 Å². The molecule has 0 saturated heterocycles. The van der Waals surface area contributed by atoms with Crippen LogP contribution < -0.4 is 0 Å². The van der Waals surface area contributed by atoms with Gasteiger partial charge < -0.3 is 9.47 Å². The average Bonchev–Trinajstić information content (AvgIpc) is 3.43. The van der Waals surface area contributed by atoms with Crippen LogP contribution in [0.1, 0.15) is 46.4 Å². The number of carbonyl (C=O) groups excluding carboxylic acids is 2. The zero-order valence-corrected chi connectivity index (χ0v) is 15.7. The molecular weight excluding hydrogens is 352 g/mol. The lowest BCUT2D eigenvalue weighted by atomic mass is 9.78. The summed E-state index contributed by atoms with van der Waals surface area (Å²) in [5.74, 6) is 1.16. The first-order chi connectivity index (χ1) is 13.7. The maximum absolute atomic E-state index is 12.7. The van der Waals surface area contributed by atoms with E-state index >= 15 is 0 Å². The first kappa shape index (κ1) is 17.5. The fourth-order valence-electron chi connectivity index (χ4n) is 5.83. The Morgan fingerprint density at radius 1 is 0.643 bits per heavy atom. The van der Waals surface area contributed by atoms with Crippen molar-refractivity contribution in [2.45, 2.75) is 37.9 Å². The highest BCUT2D eigenvalue weighted by atomic mass is 16.6. The van der Waals surface area contributed by atoms with Gasteiger partial charge in [-0.1, -0.05) is 42.8 Å². The zero-order valence-electron chi connectivity index (χ0n) is 15.7. The number of carbonyl (C=O) groups is 2. The van der Waals surface area contributed by atoms with Gasteiger partial charge in [-0.2, -0.15) is 0 Å². The second-order valence-electron chi connectivity index (χ2n) is 8.29. The number of fused-ring (bicyclic) bond motifs is 5. The van der Waals surface area contributed by atoms with E-state index in [0.29, 0.717) is 34.8 Å². The van der Waals surface area contributed by atoms with Crippen LogP contribution in [-0.2, 0) is 9.47 Å². The van der Waals surface area contributed by atoms with Crippen LogP contribution >= 0.6 is 0 Å². The third-order valence-corrected chi connectivity index (χ3v) is 6.94. The average molecular weight is 376 g/mol. The van der Waals surface area contributed by atoms with E-state index in [2.05, 4.69) is 0 Å². The van der Waals surface area contributed by atoms with Crippen molar-refractivity contribution in [2.75, 3.05) is 0 Å². The molecule has 2 aromatic carbocycles. The molecular formula is C24H24O4. The molecule has 28 heavy (non-hydrogen) atoms. The van der Waals surface area contributed by atoms with Crippen LogP contribution in [0.4, 0.5) is 0 Å². The van der Waals surface area contributed by atoms with Gasteiger partial charge in [-0.3, -0.25) is 0 Å². The topological polar surface area (TPSA) is 52.6 Å². The molecule has 2 bridgehead atoms. The predicted octanol–water partition coefficient (Wildman–Crippen LogP) is 4.50. The first-order valence-electron chi connectivity index (χ1n) is 10.2. The lowest BCUT2D eigenvalue weighted by Crippen LogP contribution is -2.45. The maximum Gasteiger partial charge on any atom is 0.338 e. The second kappa shape index (κ2) is 7.08. The molecule has 6 atom stereocenters. The Morgan fingerprint density at radius 3 is 1.50 bits per heavy atom. The van der Waals surface area contributed by atoms with Crippen LogP contribution in [0.3, 0.4) is 0 Å². The Labute approximate surface area is 164 Å². The minimum atomic E-state index is -0.343. The summed E-state index contributed by atoms with van der Waals surface area (Å²) < 4.78 is 11.9. The van der Waals surface area contributed by atoms with Gasteiger partial charge in [0.2, 0.25) is 0 Å². The summed E-state index contributed by atoms with van der Waals surface area (Å²) in [6.07, 6.45) is 3.93. The first-order valence-corrected chi connectivity index (χ1v) is 10.2. The van der Waals surface area contributed by atoms with Gasteiger partial charge in [0.25, 0.3) is 0 Å². The Morgan fingerprint density at radius 2 is 1.07 bits per heavy atom. The lowest BCUT2D eigenvalue weighted by Gasteiger charge is -2.37. The van der Waals surface area contributed by atoms with Crippen LogP contribution in [0, 0.1) is 23.7 Å². The number of hydrogen-bond acceptors (Lipinski definition) is 4. The third kappa shape index (κ3) is 2.92. The summed E-state index contributed by atoms with van der Waals surface area (Å²) in [5.41, 5.74) is 1.09. The molecule has 3 aliphatic carbocycles. The number of esters is 2. The lowest BCUT2D eigenvalue weighted by molar-refractivity contribution is -0.0766. The fraction of sp³-hybridized carbons (Fsp3) is 0.417. The van der Waals surface area contributed by atoms with Gasteiger partial charge in [-0.05, 0) is 55.4 Å². The van der Waals surface area contributed by atoms with Crippen LogP contribution in [0.2, 0.25) is 0 Å². The number of hydrogen-bond donors (Lipinski definition) is 0. The molecule has 5 rings (SSSR count). The van der Waals surface area contributed by atoms with E-state index in [0.717, 1.165) is 6.42 Å². The molecule has 144 valence electrons. The van der Waals surface area contributed by atoms with Gasteiger partial charge in [-0.25, -0.2) is 9.59 Å². The van der Waals surface area contributed by atoms with Crippen molar-refractivity contribution >= 4 is 11.9 Å². The molecule has 4 nitrogen and oxygen atoms in total. The SMILES string of the molecule is O=C(O[C@@H]1C2CC(C3CCCC32)[C@@H]1OC(=O)c1ccccc1)c1ccccc1. The molecule has 0 heterocycles. The Bertz CT molecular complexity index is 791. The molecule has 0 aromatic heterocycles. The summed E-state index contributed by atoms with van der Waals surface area (Å²) in [7, 11) is 0. The Balaban J connectivity index is 1.38. The highest BCUT2D eigenvalue weighted by Gasteiger charge is 2.62. The standard InChI is InChI=1S/C24H24O4/c25-23(15-8-3-1-4-9-15)27-21-19-14-20(18-13-7-12-17(18)19)22(21)28-24(26)16-10-5-2-6-11-16/h1-6,8-11,17-22H,7,12-14H2/t17?,18?,19?,20?,21-,22+. The van der Waals surface area contributed by atoms with E-state index in [1.165, 1.54) is 19.3 Å². The number of ether oxygens (including phenoxy) is 2. The van der Waals surface area contributed by atoms with Crippen molar-refractivity contribution in [1.82, 2.24) is 0 Å². The summed E-state index contributed by atoms with van der Waals surface area (Å²) in [6, 6.07) is 18.1. The molecule has 3 saturated carbocycles. The fourth-order valence-corrected chi connectivity index (χ4v) is 5.83. The summed E-state index contributed by atoms with van der Waals surface area (Å²) in [4.78, 5) is 25.4. The van der Waals surface area contributed by atoms with Crippen LogP contribution in [0.5, 0.6) is 0 Å². The molecule has 0 radical (unpaired) electrons. The Hall–Kier alpha value is -2.62. The highest BCUT2D eigenvalue weighted by molar-refractivity contribution is 5.90. The van der Waals surface area contributed by atoms with Crippen LogP contribution in [0.15, 0.2) is 60.7 Å². The minimum absolute atomic E-state index is 0.304. The van der Waals surface area contributed by atoms with E-state index in [-0.39, 0.29) is 24.1 Å². The quantitative estimate of drug-likeness (QED) is 0.737. The van der Waals surface area contributed by atoms with Crippen molar-refractivity contribution in [3.8, 4) is 0 Å². The third-order valence-electron chi connectivity index (χ3n) is 6.94. The van der Waals surface area contributed by atoms with E-state index in [1.807, 2.05) is 36.4 Å². The summed E-state index contributed by atoms with van der Waals surface area (Å²) in [6.45, 7) is 0. The molecule has 0 amide bonds. The molecule has 4 heteroatoms. The minimum Gasteiger partial charge on any atom is -0.455 e. The van der Waals surface area contributed by atoms with Crippen molar-refractivity contribution in [1.29, 1.82) is 0 Å². The molecule has 2 aromatic rings. The van der Waals surface area contributed by atoms with E-state index in [9.17, 15) is 9.59 Å². The maximum atomic E-state index is 12.7. The second-order valence-corrected chi connectivity index (χ2v) is 8.29. The predicted molar refractivity (Wildman–Crippen MR) is 104 cm³/mol. The number of rotatable bonds is 4. The normalized spacial score (nSPS) is 32.7. The van der Waals surface area contributed by atoms with E-state index < -0.39 is 0 Å². The van der Waals surface area contributed by atoms with Gasteiger partial charge in [0.1, 0.15) is 12.2 Å². The van der Waals surface area contributed by atoms with Crippen molar-refractivity contribution in [3.63, 3.8) is 0 Å². The van der Waals surface area contributed by atoms with Crippen LogP contribution in [-0.4, -0.2) is 24.1 Å². The zero-order chi connectivity index (χ0) is 19.1. The number of benzene rings is 2. The van der Waals surface area contributed by atoms with E-state index in [4.69, 9.17) is 9.47 Å². The van der Waals surface area contributed by atoms with Gasteiger partial charge in [0.05, 0.1) is 11.1 Å². The molecule has 3 fully saturated rings. The monoisotopic (exact) mass is 376 g/mol. The summed E-state index contributed by atoms with van der Waals surface area (Å²) >= 11 is 0. The van der Waals surface area contributed by atoms with Crippen molar-refractivity contribution in [3.05, 3.63) is 71.8 Å². The van der Waals surface area contributed by atoms with Crippen molar-refractivity contribution < 1.29 is 19.1 Å². The molecule has 3 aliphatic rings. The van der Waals surface area contributed by atoms with Gasteiger partial charge in [-0.15, -0.1) is 0 Å². The smallest absolute Gasteiger partial charge is 0.338 e. The Kier molecular flexibility index (Phi) is 4.42. The molecule has 0 N–H and O–H groups in total. The molecule has 0 aliphatic heterocycles. The van der Waals surface area contributed by atoms with E-state index in [1.54, 1.807) is 24.3 Å². The molecule has 0 spiro atoms. The highest BCUT2D eigenvalue weighted by Crippen LogP contribution is 2.60. The van der Waals surface area contributed by atoms with Gasteiger partial charge in [0.15, 0.2) is 0 Å². The molecule has 4 unspecified atom stereocenters. The largest absolute Gasteiger partial charge is 0.455 e. The van der Waals surface area contributed by atoms with Crippen LogP contribution in [0.25, 0.3) is 0 Å². The summed E-state index contributed by atoms with van der Waals surface area (Å²) in [5, 5.41) is 0. The van der Waals surface area contributed by atoms with Gasteiger partial charge in [0, 0.05) is 11.8 Å².